The minimum atomic E-state index is -0.576. The summed E-state index contributed by atoms with van der Waals surface area (Å²) in [6, 6.07) is 12.5. The van der Waals surface area contributed by atoms with E-state index in [4.69, 9.17) is 24.2 Å². The monoisotopic (exact) mass is 872 g/mol. The first kappa shape index (κ1) is 44.1. The summed E-state index contributed by atoms with van der Waals surface area (Å²) >= 11 is 0. The molecule has 0 radical (unpaired) electrons. The number of likely N-dealkylation sites (tertiary alicyclic amines) is 2. The number of hydrogen-bond acceptors (Lipinski definition) is 9. The van der Waals surface area contributed by atoms with Gasteiger partial charge in [-0.2, -0.15) is 0 Å². The zero-order chi connectivity index (χ0) is 44.5. The molecule has 6 aliphatic rings. The number of nitrogens with zero attached hydrogens (tertiary/aromatic N) is 4. The van der Waals surface area contributed by atoms with E-state index in [0.29, 0.717) is 32.8 Å². The Kier molecular flexibility index (Phi) is 13.2. The second kappa shape index (κ2) is 19.1. The van der Waals surface area contributed by atoms with Crippen LogP contribution in [0.2, 0.25) is 0 Å². The van der Waals surface area contributed by atoms with Gasteiger partial charge in [0.2, 0.25) is 17.7 Å². The lowest BCUT2D eigenvalue weighted by atomic mass is 9.82. The van der Waals surface area contributed by atoms with Crippen molar-refractivity contribution in [3.63, 3.8) is 0 Å². The number of aliphatic imine (C=N–C) groups is 1. The van der Waals surface area contributed by atoms with Crippen molar-refractivity contribution in [3.05, 3.63) is 71.3 Å². The van der Waals surface area contributed by atoms with E-state index in [-0.39, 0.29) is 66.1 Å². The molecule has 5 aliphatic heterocycles. The smallest absolute Gasteiger partial charge is 0.306 e. The third-order valence-electron chi connectivity index (χ3n) is 15.2. The molecule has 2 N–H and O–H groups in total. The van der Waals surface area contributed by atoms with Crippen LogP contribution < -0.4 is 5.32 Å². The van der Waals surface area contributed by atoms with Gasteiger partial charge >= 0.3 is 5.97 Å². The largest absolute Gasteiger partial charge is 0.469 e. The molecule has 13 nitrogen and oxygen atoms in total. The Morgan fingerprint density at radius 2 is 1.39 bits per heavy atom. The Labute approximate surface area is 376 Å². The van der Waals surface area contributed by atoms with Crippen molar-refractivity contribution in [2.24, 2.45) is 22.7 Å². The number of rotatable bonds is 12. The Morgan fingerprint density at radius 1 is 0.781 bits per heavy atom. The highest BCUT2D eigenvalue weighted by molar-refractivity contribution is 6.04. The van der Waals surface area contributed by atoms with E-state index in [1.165, 1.54) is 47.4 Å². The summed E-state index contributed by atoms with van der Waals surface area (Å²) in [6.45, 7) is 8.11. The molecule has 3 amide bonds. The van der Waals surface area contributed by atoms with Gasteiger partial charge in [0.1, 0.15) is 11.9 Å². The second-order valence-corrected chi connectivity index (χ2v) is 19.0. The number of aromatic amines is 1. The first-order valence-electron chi connectivity index (χ1n) is 23.8. The molecular formula is C51H64N6O7. The first-order valence-corrected chi connectivity index (χ1v) is 23.8. The molecule has 0 unspecified atom stereocenters. The molecule has 340 valence electrons. The van der Waals surface area contributed by atoms with Crippen molar-refractivity contribution in [2.45, 2.75) is 134 Å². The standard InChI is InChI=1S/C51H64N6O7/c1-30-8-16-45(56(30)50(60)42(27-47(59)62-4)34-18-22-63-23-19-34)43-26-37(28-52-43)39-15-14-38(40-6-5-7-41(39)40)33-10-12-35(13-11-33)44-29-53-49(55-44)46-17-9-31(2)57(46)51(61)48(54-32(3)58)36-20-24-64-25-21-36/h10-15,28-31,34,36,42,45-46,48H,5-9,16-27H2,1-4H3,(H,53,55)(H,54,58)/t30-,31-,42-,45-,46-,48-/m0/s1. The summed E-state index contributed by atoms with van der Waals surface area (Å²) in [5.74, 6) is -0.0313. The fourth-order valence-electron chi connectivity index (χ4n) is 11.7. The molecule has 6 heterocycles. The van der Waals surface area contributed by atoms with Gasteiger partial charge in [-0.3, -0.25) is 24.2 Å². The summed E-state index contributed by atoms with van der Waals surface area (Å²) in [5.41, 5.74) is 10.7. The number of nitrogens with one attached hydrogen (secondary N) is 2. The van der Waals surface area contributed by atoms with E-state index in [2.05, 4.69) is 60.5 Å². The van der Waals surface area contributed by atoms with Crippen LogP contribution in [0.1, 0.15) is 120 Å². The lowest BCUT2D eigenvalue weighted by Gasteiger charge is -2.36. The molecule has 2 aromatic carbocycles. The molecular weight excluding hydrogens is 809 g/mol. The Bertz CT molecular complexity index is 2290. The van der Waals surface area contributed by atoms with Crippen LogP contribution in [-0.4, -0.2) is 107 Å². The lowest BCUT2D eigenvalue weighted by Crippen LogP contribution is -2.54. The van der Waals surface area contributed by atoms with Crippen molar-refractivity contribution in [3.8, 4) is 22.4 Å². The van der Waals surface area contributed by atoms with Crippen LogP contribution in [0.25, 0.3) is 28.0 Å². The molecule has 4 fully saturated rings. The quantitative estimate of drug-likeness (QED) is 0.179. The van der Waals surface area contributed by atoms with Crippen LogP contribution in [0.15, 0.2) is 53.8 Å². The normalized spacial score (nSPS) is 24.9. The third kappa shape index (κ3) is 8.82. The van der Waals surface area contributed by atoms with Crippen molar-refractivity contribution in [1.29, 1.82) is 0 Å². The number of allylic oxidation sites excluding steroid dienone is 1. The van der Waals surface area contributed by atoms with E-state index in [9.17, 15) is 19.2 Å². The molecule has 13 heteroatoms. The van der Waals surface area contributed by atoms with E-state index in [1.807, 2.05) is 22.2 Å². The Morgan fingerprint density at radius 3 is 2.06 bits per heavy atom. The fraction of sp³-hybridized carbons (Fsp3) is 0.569. The number of fused-ring (bicyclic) bond motifs is 1. The maximum atomic E-state index is 14.4. The van der Waals surface area contributed by atoms with E-state index < -0.39 is 12.0 Å². The predicted molar refractivity (Wildman–Crippen MR) is 244 cm³/mol. The van der Waals surface area contributed by atoms with Gasteiger partial charge in [-0.25, -0.2) is 4.98 Å². The maximum absolute atomic E-state index is 14.4. The second-order valence-electron chi connectivity index (χ2n) is 19.0. The average molecular weight is 873 g/mol. The summed E-state index contributed by atoms with van der Waals surface area (Å²) in [7, 11) is 1.39. The Balaban J connectivity index is 0.884. The van der Waals surface area contributed by atoms with Gasteiger partial charge in [0.25, 0.3) is 0 Å². The highest BCUT2D eigenvalue weighted by atomic mass is 16.5. The summed E-state index contributed by atoms with van der Waals surface area (Å²) < 4.78 is 16.2. The van der Waals surface area contributed by atoms with Crippen LogP contribution in [0.3, 0.4) is 0 Å². The number of imidazole rings is 1. The molecule has 3 aromatic rings. The van der Waals surface area contributed by atoms with Gasteiger partial charge in [-0.15, -0.1) is 0 Å². The Hall–Kier alpha value is -5.14. The summed E-state index contributed by atoms with van der Waals surface area (Å²) in [5, 5.41) is 2.99. The van der Waals surface area contributed by atoms with Crippen LogP contribution in [0.4, 0.5) is 0 Å². The number of ether oxygens (including phenoxy) is 3. The van der Waals surface area contributed by atoms with Crippen molar-refractivity contribution in [2.75, 3.05) is 33.5 Å². The number of aromatic nitrogens is 2. The average Bonchev–Trinajstić information content (AvgIpc) is 4.18. The van der Waals surface area contributed by atoms with E-state index in [1.54, 1.807) is 0 Å². The summed E-state index contributed by atoms with van der Waals surface area (Å²) in [4.78, 5) is 70.8. The van der Waals surface area contributed by atoms with Crippen molar-refractivity contribution >= 4 is 35.0 Å². The number of benzene rings is 2. The van der Waals surface area contributed by atoms with Crippen LogP contribution in [-0.2, 0) is 46.2 Å². The number of amides is 3. The predicted octanol–water partition coefficient (Wildman–Crippen LogP) is 7.39. The number of methoxy groups -OCH3 is 1. The molecule has 4 saturated heterocycles. The number of carbonyl (C=O) groups excluding carboxylic acids is 4. The molecule has 0 saturated carbocycles. The zero-order valence-electron chi connectivity index (χ0n) is 37.9. The van der Waals surface area contributed by atoms with Crippen molar-refractivity contribution < 1.29 is 33.4 Å². The maximum Gasteiger partial charge on any atom is 0.306 e. The first-order chi connectivity index (χ1) is 31.1. The minimum absolute atomic E-state index is 0.0342. The topological polar surface area (TPSA) is 156 Å². The van der Waals surface area contributed by atoms with Gasteiger partial charge in [0.05, 0.1) is 43.4 Å². The van der Waals surface area contributed by atoms with Gasteiger partial charge in [-0.05, 0) is 135 Å². The molecule has 0 spiro atoms. The van der Waals surface area contributed by atoms with E-state index >= 15 is 0 Å². The highest BCUT2D eigenvalue weighted by Gasteiger charge is 2.45. The lowest BCUT2D eigenvalue weighted by molar-refractivity contribution is -0.150. The highest BCUT2D eigenvalue weighted by Crippen LogP contribution is 2.42. The number of hydrogen-bond donors (Lipinski definition) is 2. The molecule has 9 rings (SSSR count). The van der Waals surface area contributed by atoms with Crippen LogP contribution in [0, 0.1) is 17.8 Å². The zero-order valence-corrected chi connectivity index (χ0v) is 37.9. The van der Waals surface area contributed by atoms with Crippen molar-refractivity contribution in [1.82, 2.24) is 25.1 Å². The van der Waals surface area contributed by atoms with Crippen LogP contribution >= 0.6 is 0 Å². The van der Waals surface area contributed by atoms with Gasteiger partial charge in [-0.1, -0.05) is 36.4 Å². The summed E-state index contributed by atoms with van der Waals surface area (Å²) in [6.07, 6.45) is 14.3. The minimum Gasteiger partial charge on any atom is -0.469 e. The SMILES string of the molecule is COC(=O)C[C@H](C(=O)N1[C@@H](C)CC[C@H]1C1=NC=C(c2ccc(-c3ccc(-c4cnc([C@@H]5CC[C@H](C)N5C(=O)[C@@H](NC(C)=O)C5CCOCC5)[nH]4)cc3)c3c2CCC3)C1)C1CCOCC1. The van der Waals surface area contributed by atoms with Gasteiger partial charge in [0, 0.05) is 63.8 Å². The molecule has 1 aromatic heterocycles. The van der Waals surface area contributed by atoms with Gasteiger partial charge in [0.15, 0.2) is 0 Å². The third-order valence-corrected chi connectivity index (χ3v) is 15.2. The van der Waals surface area contributed by atoms with Crippen LogP contribution in [0.5, 0.6) is 0 Å². The number of esters is 1. The molecule has 64 heavy (non-hydrogen) atoms. The molecule has 6 atom stereocenters. The van der Waals surface area contributed by atoms with E-state index in [0.717, 1.165) is 93.4 Å². The van der Waals surface area contributed by atoms with Gasteiger partial charge < -0.3 is 34.3 Å². The number of carbonyl (C=O) groups is 4. The molecule has 0 bridgehead atoms. The number of H-pyrrole nitrogens is 1. The fourth-order valence-corrected chi connectivity index (χ4v) is 11.7. The molecule has 1 aliphatic carbocycles.